The van der Waals surface area contributed by atoms with Crippen molar-refractivity contribution in [2.45, 2.75) is 6.92 Å². The number of hydrogen-bond donors (Lipinski definition) is 0. The van der Waals surface area contributed by atoms with Gasteiger partial charge in [0.25, 0.3) is 0 Å². The first-order valence-electron chi connectivity index (χ1n) is 1.57. The molecule has 10 heavy (non-hydrogen) atoms. The molecule has 1 atom stereocenters. The van der Waals surface area contributed by atoms with Crippen LogP contribution < -0.4 is 29.6 Å². The molecule has 0 bridgehead atoms. The molecule has 0 spiro atoms. The van der Waals surface area contributed by atoms with Crippen molar-refractivity contribution in [2.24, 2.45) is 0 Å². The van der Waals surface area contributed by atoms with E-state index in [9.17, 15) is 13.6 Å². The molecule has 0 fully saturated rings. The van der Waals surface area contributed by atoms with Crippen LogP contribution in [0.2, 0.25) is 0 Å². The number of carbonyl (C=O) groups excluding carboxylic acids is 1. The minimum absolute atomic E-state index is 0. The van der Waals surface area contributed by atoms with Gasteiger partial charge in [0, 0.05) is 37.6 Å². The van der Waals surface area contributed by atoms with E-state index in [-0.39, 0.29) is 49.0 Å². The molecular formula is C2H3NaO4S2Zn. The van der Waals surface area contributed by atoms with Gasteiger partial charge >= 0.3 is 35.5 Å². The van der Waals surface area contributed by atoms with E-state index in [4.69, 9.17) is 0 Å². The summed E-state index contributed by atoms with van der Waals surface area (Å²) in [6, 6.07) is 0. The molecule has 50 valence electrons. The van der Waals surface area contributed by atoms with Crippen molar-refractivity contribution < 1.29 is 66.8 Å². The Morgan fingerprint density at radius 1 is 1.70 bits per heavy atom. The van der Waals surface area contributed by atoms with Crippen LogP contribution in [0.3, 0.4) is 0 Å². The van der Waals surface area contributed by atoms with Crippen molar-refractivity contribution in [3.05, 3.63) is 0 Å². The zero-order valence-electron chi connectivity index (χ0n) is 5.66. The molecule has 0 aromatic rings. The fourth-order valence-electron chi connectivity index (χ4n) is 0.144. The standard InChI is InChI=1S/C2H4O4S2.Na.Zn/c1-2(3)6-8(4,5)7;;/h1H3,(H,4,5,7);;/q;+1;/p-1. The van der Waals surface area contributed by atoms with Crippen LogP contribution in [0.1, 0.15) is 6.92 Å². The van der Waals surface area contributed by atoms with Crippen molar-refractivity contribution in [3.8, 4) is 0 Å². The summed E-state index contributed by atoms with van der Waals surface area (Å²) in [5.74, 6) is -0.917. The van der Waals surface area contributed by atoms with Gasteiger partial charge in [0.15, 0.2) is 0 Å². The largest absolute Gasteiger partial charge is 1.00 e. The Morgan fingerprint density at radius 2 is 2.00 bits per heavy atom. The van der Waals surface area contributed by atoms with Gasteiger partial charge in [-0.05, 0) is 0 Å². The van der Waals surface area contributed by atoms with E-state index in [0.29, 0.717) is 0 Å². The van der Waals surface area contributed by atoms with E-state index < -0.39 is 15.0 Å². The van der Waals surface area contributed by atoms with Crippen LogP contribution in [0.15, 0.2) is 0 Å². The molecule has 0 amide bonds. The van der Waals surface area contributed by atoms with Gasteiger partial charge in [-0.15, -0.1) is 0 Å². The Bertz CT molecular complexity index is 187. The predicted octanol–water partition coefficient (Wildman–Crippen LogP) is -3.66. The molecule has 0 aromatic carbocycles. The van der Waals surface area contributed by atoms with Crippen LogP contribution in [-0.4, -0.2) is 14.7 Å². The number of carbonyl (C=O) groups is 1. The van der Waals surface area contributed by atoms with Gasteiger partial charge in [-0.25, -0.2) is 4.21 Å². The Balaban J connectivity index is -0.000000245. The van der Waals surface area contributed by atoms with Gasteiger partial charge in [-0.1, -0.05) is 0 Å². The summed E-state index contributed by atoms with van der Waals surface area (Å²) < 4.78 is 23.2. The van der Waals surface area contributed by atoms with Gasteiger partial charge in [0.2, 0.25) is 0 Å². The molecule has 1 unspecified atom stereocenters. The molecule has 4 nitrogen and oxygen atoms in total. The maximum absolute atomic E-state index is 9.81. The molecule has 8 heteroatoms. The molecule has 0 aliphatic heterocycles. The summed E-state index contributed by atoms with van der Waals surface area (Å²) in [4.78, 5) is 9.79. The molecule has 0 saturated carbocycles. The topological polar surface area (TPSA) is 66.4 Å². The molecule has 0 N–H and O–H groups in total. The molecule has 0 radical (unpaired) electrons. The summed E-state index contributed by atoms with van der Waals surface area (Å²) in [6.45, 7) is 0.962. The Labute approximate surface area is 98.8 Å². The third-order valence-electron chi connectivity index (χ3n) is 0.219. The van der Waals surface area contributed by atoms with Crippen molar-refractivity contribution >= 4 is 26.2 Å². The molecular weight excluding hydrogens is 241 g/mol. The summed E-state index contributed by atoms with van der Waals surface area (Å²) in [5.41, 5.74) is 0. The average Bonchev–Trinajstić information content (AvgIpc) is 1.21. The summed E-state index contributed by atoms with van der Waals surface area (Å²) >= 11 is 3.69. The second-order valence-electron chi connectivity index (χ2n) is 0.983. The smallest absolute Gasteiger partial charge is 0.739 e. The first-order chi connectivity index (χ1) is 3.42. The van der Waals surface area contributed by atoms with Crippen molar-refractivity contribution in [1.82, 2.24) is 0 Å². The van der Waals surface area contributed by atoms with Crippen LogP contribution in [0.25, 0.3) is 0 Å². The Hall–Kier alpha value is 1.42. The minimum Gasteiger partial charge on any atom is -0.739 e. The zero-order valence-corrected chi connectivity index (χ0v) is 12.3. The first kappa shape index (κ1) is 17.5. The van der Waals surface area contributed by atoms with Crippen LogP contribution in [0, 0.1) is 0 Å². The van der Waals surface area contributed by atoms with E-state index in [1.807, 2.05) is 0 Å². The molecule has 0 saturated heterocycles. The van der Waals surface area contributed by atoms with Crippen molar-refractivity contribution in [2.75, 3.05) is 0 Å². The van der Waals surface area contributed by atoms with Crippen molar-refractivity contribution in [3.63, 3.8) is 0 Å². The molecule has 0 aliphatic carbocycles. The zero-order chi connectivity index (χ0) is 6.78. The summed E-state index contributed by atoms with van der Waals surface area (Å²) in [6.07, 6.45) is 0. The van der Waals surface area contributed by atoms with Gasteiger partial charge in [0.05, 0.1) is 0 Å². The maximum Gasteiger partial charge on any atom is 1.00 e. The monoisotopic (exact) mass is 242 g/mol. The van der Waals surface area contributed by atoms with Crippen LogP contribution in [-0.2, 0) is 48.7 Å². The van der Waals surface area contributed by atoms with Gasteiger partial charge in [0.1, 0.15) is 9.05 Å². The van der Waals surface area contributed by atoms with Gasteiger partial charge in [-0.3, -0.25) is 4.79 Å². The number of rotatable bonds is 1. The van der Waals surface area contributed by atoms with E-state index in [1.54, 1.807) is 0 Å². The first-order valence-corrected chi connectivity index (χ1v) is 3.91. The second-order valence-corrected chi connectivity index (χ2v) is 3.19. The molecule has 0 aromatic heterocycles. The third-order valence-corrected chi connectivity index (χ3v) is 0.862. The molecule has 0 rings (SSSR count). The van der Waals surface area contributed by atoms with Crippen LogP contribution in [0.4, 0.5) is 0 Å². The minimum atomic E-state index is -3.99. The Kier molecular flexibility index (Phi) is 12.4. The van der Waals surface area contributed by atoms with Crippen LogP contribution >= 0.6 is 0 Å². The number of hydrogen-bond acceptors (Lipinski definition) is 5. The summed E-state index contributed by atoms with van der Waals surface area (Å²) in [7, 11) is -3.99. The van der Waals surface area contributed by atoms with E-state index in [1.165, 1.54) is 0 Å². The molecule has 0 aliphatic rings. The quantitative estimate of drug-likeness (QED) is 0.444. The predicted molar refractivity (Wildman–Crippen MR) is 28.1 cm³/mol. The van der Waals surface area contributed by atoms with Crippen molar-refractivity contribution in [1.29, 1.82) is 0 Å². The molecule has 0 heterocycles. The Morgan fingerprint density at radius 3 is 2.00 bits per heavy atom. The SMILES string of the molecule is CC(=O)OS(=O)([O-])=S.[Na+].[Zn]. The third kappa shape index (κ3) is 16.2. The second kappa shape index (κ2) is 7.09. The van der Waals surface area contributed by atoms with Crippen LogP contribution in [0.5, 0.6) is 0 Å². The maximum atomic E-state index is 9.81. The summed E-state index contributed by atoms with van der Waals surface area (Å²) in [5, 5.41) is 0. The average molecular weight is 244 g/mol. The fourth-order valence-corrected chi connectivity index (χ4v) is 0.719. The normalized spacial score (nSPS) is 13.4. The van der Waals surface area contributed by atoms with E-state index >= 15 is 0 Å². The fraction of sp³-hybridized carbons (Fsp3) is 0.500. The van der Waals surface area contributed by atoms with E-state index in [2.05, 4.69) is 15.4 Å². The van der Waals surface area contributed by atoms with E-state index in [0.717, 1.165) is 6.92 Å². The van der Waals surface area contributed by atoms with Gasteiger partial charge in [-0.2, -0.15) is 0 Å². The van der Waals surface area contributed by atoms with Gasteiger partial charge < -0.3 is 8.74 Å².